The maximum absolute atomic E-state index is 12.1. The summed E-state index contributed by atoms with van der Waals surface area (Å²) in [7, 11) is 2.15. The Morgan fingerprint density at radius 3 is 2.57 bits per heavy atom. The van der Waals surface area contributed by atoms with E-state index in [1.165, 1.54) is 0 Å². The molecule has 1 aromatic rings. The molecule has 0 bridgehead atoms. The second-order valence-electron chi connectivity index (χ2n) is 6.21. The molecule has 0 saturated carbocycles. The lowest BCUT2D eigenvalue weighted by Gasteiger charge is -2.39. The van der Waals surface area contributed by atoms with E-state index in [4.69, 9.17) is 5.73 Å². The molecule has 1 saturated heterocycles. The molecule has 1 aliphatic rings. The molecule has 0 aliphatic carbocycles. The minimum atomic E-state index is -0.0912. The van der Waals surface area contributed by atoms with E-state index >= 15 is 0 Å². The highest BCUT2D eigenvalue weighted by molar-refractivity contribution is 5.93. The number of H-pyrrole nitrogens is 1. The molecule has 1 amide bonds. The number of likely N-dealkylation sites (N-methyl/N-ethyl adjacent to an activating group) is 1. The molecule has 1 fully saturated rings. The highest BCUT2D eigenvalue weighted by atomic mass is 16.1. The molecule has 2 rings (SSSR count). The minimum Gasteiger partial charge on any atom is -0.397 e. The monoisotopic (exact) mass is 293 g/mol. The summed E-state index contributed by atoms with van der Waals surface area (Å²) in [5.41, 5.74) is 6.73. The maximum atomic E-state index is 12.1. The predicted octanol–water partition coefficient (Wildman–Crippen LogP) is 0.599. The first kappa shape index (κ1) is 15.9. The van der Waals surface area contributed by atoms with Gasteiger partial charge in [-0.05, 0) is 19.0 Å². The Bertz CT molecular complexity index is 462. The van der Waals surface area contributed by atoms with Crippen LogP contribution < -0.4 is 11.1 Å². The highest BCUT2D eigenvalue weighted by Crippen LogP contribution is 2.13. The van der Waals surface area contributed by atoms with E-state index < -0.39 is 0 Å². The second kappa shape index (κ2) is 6.95. The van der Waals surface area contributed by atoms with E-state index in [0.717, 1.165) is 26.2 Å². The summed E-state index contributed by atoms with van der Waals surface area (Å²) >= 11 is 0. The standard InChI is InChI=1S/C15H27N5O/c1-11(2)14(20-6-4-19(3)5-7-20)10-18-15(21)13-8-12(16)9-17-13/h8-9,11,14,17H,4-7,10,16H2,1-3H3,(H,18,21). The SMILES string of the molecule is CC(C)C(CNC(=O)c1cc(N)c[nH]1)N1CCN(C)CC1. The zero-order chi connectivity index (χ0) is 15.4. The number of aromatic nitrogens is 1. The minimum absolute atomic E-state index is 0.0912. The van der Waals surface area contributed by atoms with Crippen molar-refractivity contribution in [3.05, 3.63) is 18.0 Å². The average molecular weight is 293 g/mol. The van der Waals surface area contributed by atoms with Gasteiger partial charge in [-0.2, -0.15) is 0 Å². The zero-order valence-electron chi connectivity index (χ0n) is 13.2. The smallest absolute Gasteiger partial charge is 0.267 e. The highest BCUT2D eigenvalue weighted by Gasteiger charge is 2.25. The number of rotatable bonds is 5. The summed E-state index contributed by atoms with van der Waals surface area (Å²) in [6.45, 7) is 9.38. The van der Waals surface area contributed by atoms with Crippen molar-refractivity contribution in [3.63, 3.8) is 0 Å². The normalized spacial score (nSPS) is 18.9. The molecule has 6 nitrogen and oxygen atoms in total. The molecule has 4 N–H and O–H groups in total. The van der Waals surface area contributed by atoms with Gasteiger partial charge in [0, 0.05) is 50.6 Å². The lowest BCUT2D eigenvalue weighted by molar-refractivity contribution is 0.0789. The van der Waals surface area contributed by atoms with Gasteiger partial charge < -0.3 is 20.9 Å². The number of piperazine rings is 1. The van der Waals surface area contributed by atoms with Gasteiger partial charge in [0.2, 0.25) is 0 Å². The number of nitrogen functional groups attached to an aromatic ring is 1. The Morgan fingerprint density at radius 1 is 1.38 bits per heavy atom. The third-order valence-electron chi connectivity index (χ3n) is 4.20. The molecule has 2 heterocycles. The van der Waals surface area contributed by atoms with Crippen LogP contribution in [0.1, 0.15) is 24.3 Å². The first-order chi connectivity index (χ1) is 9.97. The molecule has 21 heavy (non-hydrogen) atoms. The number of nitrogens with two attached hydrogens (primary N) is 1. The van der Waals surface area contributed by atoms with Gasteiger partial charge in [0.05, 0.1) is 0 Å². The number of carbonyl (C=O) groups is 1. The van der Waals surface area contributed by atoms with Crippen molar-refractivity contribution in [2.75, 3.05) is 45.5 Å². The number of aromatic amines is 1. The molecule has 0 spiro atoms. The van der Waals surface area contributed by atoms with E-state index in [9.17, 15) is 4.79 Å². The van der Waals surface area contributed by atoms with Crippen molar-refractivity contribution >= 4 is 11.6 Å². The molecular formula is C15H27N5O. The summed E-state index contributed by atoms with van der Waals surface area (Å²) in [5, 5.41) is 3.02. The molecule has 1 atom stereocenters. The van der Waals surface area contributed by atoms with Crippen LogP contribution in [0.2, 0.25) is 0 Å². The predicted molar refractivity (Wildman–Crippen MR) is 85.2 cm³/mol. The Morgan fingerprint density at radius 2 is 2.05 bits per heavy atom. The lowest BCUT2D eigenvalue weighted by Crippen LogP contribution is -2.54. The van der Waals surface area contributed by atoms with E-state index in [-0.39, 0.29) is 5.91 Å². The third kappa shape index (κ3) is 4.22. The van der Waals surface area contributed by atoms with Crippen molar-refractivity contribution < 1.29 is 4.79 Å². The van der Waals surface area contributed by atoms with Gasteiger partial charge in [0.25, 0.3) is 5.91 Å². The number of anilines is 1. The fourth-order valence-corrected chi connectivity index (χ4v) is 2.77. The first-order valence-electron chi connectivity index (χ1n) is 7.62. The van der Waals surface area contributed by atoms with Crippen LogP contribution in [0, 0.1) is 5.92 Å². The first-order valence-corrected chi connectivity index (χ1v) is 7.62. The van der Waals surface area contributed by atoms with Crippen molar-refractivity contribution in [2.24, 2.45) is 5.92 Å². The van der Waals surface area contributed by atoms with Gasteiger partial charge in [-0.3, -0.25) is 9.69 Å². The van der Waals surface area contributed by atoms with Crippen molar-refractivity contribution in [2.45, 2.75) is 19.9 Å². The summed E-state index contributed by atoms with van der Waals surface area (Å²) in [6, 6.07) is 2.03. The third-order valence-corrected chi connectivity index (χ3v) is 4.20. The van der Waals surface area contributed by atoms with Crippen molar-refractivity contribution in [1.29, 1.82) is 0 Å². The van der Waals surface area contributed by atoms with Crippen LogP contribution in [0.15, 0.2) is 12.3 Å². The van der Waals surface area contributed by atoms with Crippen LogP contribution in [-0.4, -0.2) is 66.5 Å². The fourth-order valence-electron chi connectivity index (χ4n) is 2.77. The van der Waals surface area contributed by atoms with E-state index in [0.29, 0.717) is 29.9 Å². The van der Waals surface area contributed by atoms with Gasteiger partial charge >= 0.3 is 0 Å². The summed E-state index contributed by atoms with van der Waals surface area (Å²) in [6.07, 6.45) is 1.63. The molecular weight excluding hydrogens is 266 g/mol. The fraction of sp³-hybridized carbons (Fsp3) is 0.667. The van der Waals surface area contributed by atoms with Crippen molar-refractivity contribution in [1.82, 2.24) is 20.1 Å². The van der Waals surface area contributed by atoms with Gasteiger partial charge in [0.1, 0.15) is 5.69 Å². The molecule has 1 unspecified atom stereocenters. The van der Waals surface area contributed by atoms with Crippen LogP contribution in [0.3, 0.4) is 0 Å². The van der Waals surface area contributed by atoms with Crippen molar-refractivity contribution in [3.8, 4) is 0 Å². The molecule has 118 valence electrons. The van der Waals surface area contributed by atoms with E-state index in [1.807, 2.05) is 0 Å². The number of carbonyl (C=O) groups excluding carboxylic acids is 1. The maximum Gasteiger partial charge on any atom is 0.267 e. The Hall–Kier alpha value is -1.53. The number of amides is 1. The van der Waals surface area contributed by atoms with Crippen LogP contribution in [-0.2, 0) is 0 Å². The van der Waals surface area contributed by atoms with Gasteiger partial charge in [0.15, 0.2) is 0 Å². The van der Waals surface area contributed by atoms with Crippen LogP contribution >= 0.6 is 0 Å². The quantitative estimate of drug-likeness (QED) is 0.743. The van der Waals surface area contributed by atoms with E-state index in [2.05, 4.69) is 41.0 Å². The Kier molecular flexibility index (Phi) is 5.25. The Balaban J connectivity index is 1.89. The Labute approximate surface area is 126 Å². The number of nitrogens with one attached hydrogen (secondary N) is 2. The second-order valence-corrected chi connectivity index (χ2v) is 6.21. The number of nitrogens with zero attached hydrogens (tertiary/aromatic N) is 2. The van der Waals surface area contributed by atoms with E-state index in [1.54, 1.807) is 12.3 Å². The van der Waals surface area contributed by atoms with Gasteiger partial charge in [-0.15, -0.1) is 0 Å². The zero-order valence-corrected chi connectivity index (χ0v) is 13.2. The summed E-state index contributed by atoms with van der Waals surface area (Å²) < 4.78 is 0. The molecule has 6 heteroatoms. The average Bonchev–Trinajstić information content (AvgIpc) is 2.87. The molecule has 0 radical (unpaired) electrons. The van der Waals surface area contributed by atoms with Crippen LogP contribution in [0.5, 0.6) is 0 Å². The molecule has 1 aromatic heterocycles. The molecule has 0 aromatic carbocycles. The topological polar surface area (TPSA) is 77.4 Å². The molecule has 1 aliphatic heterocycles. The van der Waals surface area contributed by atoms with Crippen LogP contribution in [0.4, 0.5) is 5.69 Å². The van der Waals surface area contributed by atoms with Crippen LogP contribution in [0.25, 0.3) is 0 Å². The van der Waals surface area contributed by atoms with Gasteiger partial charge in [-0.1, -0.05) is 13.8 Å². The summed E-state index contributed by atoms with van der Waals surface area (Å²) in [5.74, 6) is 0.411. The number of hydrogen-bond donors (Lipinski definition) is 3. The summed E-state index contributed by atoms with van der Waals surface area (Å²) in [4.78, 5) is 19.8. The lowest BCUT2D eigenvalue weighted by atomic mass is 10.0. The number of hydrogen-bond acceptors (Lipinski definition) is 4. The largest absolute Gasteiger partial charge is 0.397 e. The van der Waals surface area contributed by atoms with Gasteiger partial charge in [-0.25, -0.2) is 0 Å².